The first-order valence-electron chi connectivity index (χ1n) is 5.67. The van der Waals surface area contributed by atoms with Crippen LogP contribution in [0, 0.1) is 12.7 Å². The molecule has 5 nitrogen and oxygen atoms in total. The van der Waals surface area contributed by atoms with Crippen LogP contribution < -0.4 is 11.1 Å². The van der Waals surface area contributed by atoms with Gasteiger partial charge in [0.25, 0.3) is 5.91 Å². The highest BCUT2D eigenvalue weighted by Gasteiger charge is 2.08. The average Bonchev–Trinajstić information content (AvgIpc) is 2.37. The van der Waals surface area contributed by atoms with Crippen LogP contribution in [-0.4, -0.2) is 15.9 Å². The van der Waals surface area contributed by atoms with Gasteiger partial charge in [-0.1, -0.05) is 0 Å². The van der Waals surface area contributed by atoms with E-state index >= 15 is 0 Å². The van der Waals surface area contributed by atoms with E-state index in [1.165, 1.54) is 12.1 Å². The third-order valence-electron chi connectivity index (χ3n) is 2.57. The number of nitrogens with one attached hydrogen (secondary N) is 1. The van der Waals surface area contributed by atoms with Crippen molar-refractivity contribution in [2.24, 2.45) is 5.73 Å². The Labute approximate surface area is 109 Å². The van der Waals surface area contributed by atoms with Gasteiger partial charge in [-0.2, -0.15) is 0 Å². The Bertz CT molecular complexity index is 598. The second-order valence-electron chi connectivity index (χ2n) is 4.05. The van der Waals surface area contributed by atoms with Crippen LogP contribution in [-0.2, 0) is 6.54 Å². The lowest BCUT2D eigenvalue weighted by molar-refractivity contribution is 0.0996. The lowest BCUT2D eigenvalue weighted by Gasteiger charge is -2.07. The topological polar surface area (TPSA) is 80.9 Å². The molecular weight excluding hydrogens is 247 g/mol. The molecule has 1 amide bonds. The van der Waals surface area contributed by atoms with Crippen molar-refractivity contribution in [2.75, 3.05) is 5.32 Å². The van der Waals surface area contributed by atoms with Crippen LogP contribution in [0.4, 0.5) is 10.1 Å². The minimum atomic E-state index is -0.781. The lowest BCUT2D eigenvalue weighted by atomic mass is 10.2. The Morgan fingerprint density at radius 3 is 2.63 bits per heavy atom. The predicted octanol–water partition coefficient (Wildman–Crippen LogP) is 1.64. The number of rotatable bonds is 4. The van der Waals surface area contributed by atoms with Gasteiger partial charge in [-0.05, 0) is 25.1 Å². The first-order chi connectivity index (χ1) is 9.06. The summed E-state index contributed by atoms with van der Waals surface area (Å²) in [6, 6.07) is 4.18. The highest BCUT2D eigenvalue weighted by molar-refractivity contribution is 5.93. The van der Waals surface area contributed by atoms with Gasteiger partial charge in [0.15, 0.2) is 0 Å². The zero-order valence-electron chi connectivity index (χ0n) is 10.4. The van der Waals surface area contributed by atoms with E-state index in [-0.39, 0.29) is 5.56 Å². The number of nitrogens with zero attached hydrogens (tertiary/aromatic N) is 2. The first-order valence-corrected chi connectivity index (χ1v) is 5.67. The fourth-order valence-electron chi connectivity index (χ4n) is 1.54. The Balaban J connectivity index is 2.06. The van der Waals surface area contributed by atoms with Gasteiger partial charge >= 0.3 is 0 Å². The molecule has 1 aromatic heterocycles. The van der Waals surface area contributed by atoms with Gasteiger partial charge in [0.2, 0.25) is 0 Å². The maximum Gasteiger partial charge on any atom is 0.251 e. The minimum absolute atomic E-state index is 0.121. The van der Waals surface area contributed by atoms with Crippen molar-refractivity contribution in [1.29, 1.82) is 0 Å². The molecule has 0 saturated carbocycles. The summed E-state index contributed by atoms with van der Waals surface area (Å²) >= 11 is 0. The average molecular weight is 260 g/mol. The van der Waals surface area contributed by atoms with Crippen LogP contribution in [0.5, 0.6) is 0 Å². The Morgan fingerprint density at radius 2 is 2.05 bits per heavy atom. The SMILES string of the molecule is Cc1ncc(CNc2ccc(C(N)=O)c(F)c2)cn1. The van der Waals surface area contributed by atoms with Crippen molar-refractivity contribution in [1.82, 2.24) is 9.97 Å². The van der Waals surface area contributed by atoms with Crippen molar-refractivity contribution < 1.29 is 9.18 Å². The summed E-state index contributed by atoms with van der Waals surface area (Å²) in [5.74, 6) is -0.728. The molecule has 0 spiro atoms. The molecule has 3 N–H and O–H groups in total. The monoisotopic (exact) mass is 260 g/mol. The molecule has 0 aliphatic rings. The molecule has 0 aliphatic heterocycles. The number of amides is 1. The predicted molar refractivity (Wildman–Crippen MR) is 69.0 cm³/mol. The maximum absolute atomic E-state index is 13.5. The van der Waals surface area contributed by atoms with Crippen molar-refractivity contribution in [2.45, 2.75) is 13.5 Å². The molecule has 0 bridgehead atoms. The number of carbonyl (C=O) groups excluding carboxylic acids is 1. The van der Waals surface area contributed by atoms with Crippen molar-refractivity contribution >= 4 is 11.6 Å². The van der Waals surface area contributed by atoms with E-state index in [0.29, 0.717) is 18.1 Å². The van der Waals surface area contributed by atoms with E-state index in [9.17, 15) is 9.18 Å². The van der Waals surface area contributed by atoms with E-state index in [0.717, 1.165) is 5.56 Å². The number of hydrogen-bond donors (Lipinski definition) is 2. The van der Waals surface area contributed by atoms with Crippen LogP contribution in [0.3, 0.4) is 0 Å². The van der Waals surface area contributed by atoms with Gasteiger partial charge < -0.3 is 11.1 Å². The van der Waals surface area contributed by atoms with Gasteiger partial charge in [0.1, 0.15) is 11.6 Å². The number of carbonyl (C=O) groups is 1. The van der Waals surface area contributed by atoms with E-state index in [4.69, 9.17) is 5.73 Å². The summed E-state index contributed by atoms with van der Waals surface area (Å²) < 4.78 is 13.5. The van der Waals surface area contributed by atoms with Gasteiger partial charge in [0.05, 0.1) is 5.56 Å². The van der Waals surface area contributed by atoms with Crippen molar-refractivity contribution in [3.8, 4) is 0 Å². The summed E-state index contributed by atoms with van der Waals surface area (Å²) in [7, 11) is 0. The van der Waals surface area contributed by atoms with E-state index in [1.54, 1.807) is 25.4 Å². The molecule has 0 atom stereocenters. The summed E-state index contributed by atoms with van der Waals surface area (Å²) in [4.78, 5) is 19.0. The molecule has 2 aromatic rings. The van der Waals surface area contributed by atoms with Gasteiger partial charge in [-0.25, -0.2) is 14.4 Å². The minimum Gasteiger partial charge on any atom is -0.381 e. The molecule has 0 unspecified atom stereocenters. The van der Waals surface area contributed by atoms with Gasteiger partial charge in [-0.15, -0.1) is 0 Å². The molecule has 1 heterocycles. The number of halogens is 1. The Hall–Kier alpha value is -2.50. The molecule has 19 heavy (non-hydrogen) atoms. The quantitative estimate of drug-likeness (QED) is 0.875. The molecule has 0 radical (unpaired) electrons. The summed E-state index contributed by atoms with van der Waals surface area (Å²) in [6.07, 6.45) is 3.40. The number of primary amides is 1. The highest BCUT2D eigenvalue weighted by atomic mass is 19.1. The summed E-state index contributed by atoms with van der Waals surface area (Å²) in [5, 5.41) is 3.02. The Kier molecular flexibility index (Phi) is 3.70. The second kappa shape index (κ2) is 5.43. The molecule has 0 fully saturated rings. The van der Waals surface area contributed by atoms with Crippen LogP contribution >= 0.6 is 0 Å². The third kappa shape index (κ3) is 3.25. The zero-order chi connectivity index (χ0) is 13.8. The molecule has 0 saturated heterocycles. The fraction of sp³-hybridized carbons (Fsp3) is 0.154. The van der Waals surface area contributed by atoms with Crippen LogP contribution in [0.15, 0.2) is 30.6 Å². The molecule has 98 valence electrons. The second-order valence-corrected chi connectivity index (χ2v) is 4.05. The largest absolute Gasteiger partial charge is 0.381 e. The zero-order valence-corrected chi connectivity index (χ0v) is 10.4. The smallest absolute Gasteiger partial charge is 0.251 e. The number of benzene rings is 1. The lowest BCUT2D eigenvalue weighted by Crippen LogP contribution is -2.13. The number of aromatic nitrogens is 2. The molecule has 2 rings (SSSR count). The molecular formula is C13H13FN4O. The van der Waals surface area contributed by atoms with E-state index < -0.39 is 11.7 Å². The Morgan fingerprint density at radius 1 is 1.37 bits per heavy atom. The number of aryl methyl sites for hydroxylation is 1. The molecule has 0 aliphatic carbocycles. The summed E-state index contributed by atoms with van der Waals surface area (Å²) in [5.41, 5.74) is 6.34. The van der Waals surface area contributed by atoms with Gasteiger partial charge in [-0.3, -0.25) is 4.79 Å². The van der Waals surface area contributed by atoms with Gasteiger partial charge in [0, 0.05) is 30.2 Å². The maximum atomic E-state index is 13.5. The molecule has 1 aromatic carbocycles. The number of anilines is 1. The normalized spacial score (nSPS) is 10.2. The fourth-order valence-corrected chi connectivity index (χ4v) is 1.54. The van der Waals surface area contributed by atoms with Crippen LogP contribution in [0.25, 0.3) is 0 Å². The molecule has 6 heteroatoms. The van der Waals surface area contributed by atoms with E-state index in [2.05, 4.69) is 15.3 Å². The number of hydrogen-bond acceptors (Lipinski definition) is 4. The van der Waals surface area contributed by atoms with Crippen molar-refractivity contribution in [3.63, 3.8) is 0 Å². The standard InChI is InChI=1S/C13H13FN4O/c1-8-16-5-9(6-17-8)7-18-10-2-3-11(13(15)19)12(14)4-10/h2-6,18H,7H2,1H3,(H2,15,19). The number of nitrogens with two attached hydrogens (primary N) is 1. The van der Waals surface area contributed by atoms with Crippen LogP contribution in [0.2, 0.25) is 0 Å². The first kappa shape index (κ1) is 12.9. The van der Waals surface area contributed by atoms with E-state index in [1.807, 2.05) is 0 Å². The third-order valence-corrected chi connectivity index (χ3v) is 2.57. The van der Waals surface area contributed by atoms with Crippen molar-refractivity contribution in [3.05, 3.63) is 53.4 Å². The van der Waals surface area contributed by atoms with Crippen LogP contribution in [0.1, 0.15) is 21.7 Å². The summed E-state index contributed by atoms with van der Waals surface area (Å²) in [6.45, 7) is 2.27. The highest BCUT2D eigenvalue weighted by Crippen LogP contribution is 2.15.